The van der Waals surface area contributed by atoms with Gasteiger partial charge in [-0.2, -0.15) is 16.9 Å². The van der Waals surface area contributed by atoms with E-state index in [9.17, 15) is 5.11 Å². The third kappa shape index (κ3) is 3.68. The topological polar surface area (TPSA) is 38.1 Å². The Balaban J connectivity index is 2.52. The van der Waals surface area contributed by atoms with Crippen LogP contribution in [0.25, 0.3) is 0 Å². The molecule has 1 aromatic heterocycles. The summed E-state index contributed by atoms with van der Waals surface area (Å²) in [4.78, 5) is 0. The Bertz CT molecular complexity index is 341. The zero-order chi connectivity index (χ0) is 12.1. The number of thioether (sulfide) groups is 1. The van der Waals surface area contributed by atoms with E-state index in [4.69, 9.17) is 11.6 Å². The van der Waals surface area contributed by atoms with Crippen molar-refractivity contribution in [2.45, 2.75) is 32.8 Å². The summed E-state index contributed by atoms with van der Waals surface area (Å²) in [5, 5.41) is 14.8. The molecule has 1 aromatic rings. The van der Waals surface area contributed by atoms with Gasteiger partial charge in [-0.15, -0.1) is 0 Å². The van der Waals surface area contributed by atoms with Crippen molar-refractivity contribution < 1.29 is 5.11 Å². The van der Waals surface area contributed by atoms with Gasteiger partial charge in [-0.05, 0) is 19.1 Å². The molecule has 0 radical (unpaired) electrons. The molecular weight excluding hydrogens is 244 g/mol. The maximum Gasteiger partial charge on any atom is 0.0847 e. The molecule has 1 heterocycles. The number of aromatic nitrogens is 2. The van der Waals surface area contributed by atoms with Crippen molar-refractivity contribution in [3.05, 3.63) is 16.4 Å². The Morgan fingerprint density at radius 1 is 1.56 bits per heavy atom. The van der Waals surface area contributed by atoms with Gasteiger partial charge < -0.3 is 5.11 Å². The zero-order valence-corrected chi connectivity index (χ0v) is 11.6. The first-order valence-corrected chi connectivity index (χ1v) is 7.03. The highest BCUT2D eigenvalue weighted by Gasteiger charge is 2.15. The minimum atomic E-state index is -0.344. The predicted octanol–water partition coefficient (Wildman–Crippen LogP) is 2.43. The Morgan fingerprint density at radius 3 is 2.75 bits per heavy atom. The SMILES string of the molecule is CCCSCC(O)Cc1c(Cl)c(C)nn1C. The number of hydrogen-bond donors (Lipinski definition) is 1. The normalized spacial score (nSPS) is 13.1. The summed E-state index contributed by atoms with van der Waals surface area (Å²) in [7, 11) is 1.86. The molecule has 0 saturated heterocycles. The lowest BCUT2D eigenvalue weighted by atomic mass is 10.2. The summed E-state index contributed by atoms with van der Waals surface area (Å²) in [6.45, 7) is 4.02. The Kier molecular flexibility index (Phi) is 5.66. The van der Waals surface area contributed by atoms with Gasteiger partial charge in [0.15, 0.2) is 0 Å². The van der Waals surface area contributed by atoms with Crippen LogP contribution >= 0.6 is 23.4 Å². The molecule has 5 heteroatoms. The highest BCUT2D eigenvalue weighted by molar-refractivity contribution is 7.99. The zero-order valence-electron chi connectivity index (χ0n) is 10.0. The van der Waals surface area contributed by atoms with Crippen molar-refractivity contribution in [3.63, 3.8) is 0 Å². The van der Waals surface area contributed by atoms with E-state index in [2.05, 4.69) is 12.0 Å². The van der Waals surface area contributed by atoms with Crippen LogP contribution in [0.5, 0.6) is 0 Å². The molecule has 0 amide bonds. The third-order valence-electron chi connectivity index (χ3n) is 2.35. The molecule has 16 heavy (non-hydrogen) atoms. The molecule has 1 N–H and O–H groups in total. The molecule has 3 nitrogen and oxygen atoms in total. The monoisotopic (exact) mass is 262 g/mol. The largest absolute Gasteiger partial charge is 0.392 e. The minimum Gasteiger partial charge on any atom is -0.392 e. The van der Waals surface area contributed by atoms with Gasteiger partial charge in [-0.1, -0.05) is 18.5 Å². The first kappa shape index (κ1) is 13.9. The molecule has 1 atom stereocenters. The lowest BCUT2D eigenvalue weighted by Gasteiger charge is -2.10. The number of nitrogens with zero attached hydrogens (tertiary/aromatic N) is 2. The predicted molar refractivity (Wildman–Crippen MR) is 70.3 cm³/mol. The van der Waals surface area contributed by atoms with Gasteiger partial charge >= 0.3 is 0 Å². The van der Waals surface area contributed by atoms with Gasteiger partial charge in [0.1, 0.15) is 0 Å². The fraction of sp³-hybridized carbons (Fsp3) is 0.727. The summed E-state index contributed by atoms with van der Waals surface area (Å²) in [5.74, 6) is 1.85. The van der Waals surface area contributed by atoms with Crippen LogP contribution in [0, 0.1) is 6.92 Å². The van der Waals surface area contributed by atoms with Gasteiger partial charge in [0.2, 0.25) is 0 Å². The van der Waals surface area contributed by atoms with E-state index in [1.165, 1.54) is 0 Å². The van der Waals surface area contributed by atoms with Crippen LogP contribution in [-0.2, 0) is 13.5 Å². The third-order valence-corrected chi connectivity index (χ3v) is 4.16. The molecule has 0 fully saturated rings. The lowest BCUT2D eigenvalue weighted by Crippen LogP contribution is -2.16. The second-order valence-corrected chi connectivity index (χ2v) is 5.43. The van der Waals surface area contributed by atoms with Gasteiger partial charge in [-0.3, -0.25) is 4.68 Å². The van der Waals surface area contributed by atoms with Crippen LogP contribution in [0.2, 0.25) is 5.02 Å². The van der Waals surface area contributed by atoms with Crippen molar-refractivity contribution in [1.82, 2.24) is 9.78 Å². The van der Waals surface area contributed by atoms with E-state index < -0.39 is 0 Å². The highest BCUT2D eigenvalue weighted by atomic mass is 35.5. The average Bonchev–Trinajstić information content (AvgIpc) is 2.46. The van der Waals surface area contributed by atoms with E-state index in [-0.39, 0.29) is 6.10 Å². The second kappa shape index (κ2) is 6.52. The van der Waals surface area contributed by atoms with Crippen molar-refractivity contribution in [1.29, 1.82) is 0 Å². The number of aryl methyl sites for hydroxylation is 2. The van der Waals surface area contributed by atoms with Crippen molar-refractivity contribution >= 4 is 23.4 Å². The van der Waals surface area contributed by atoms with Gasteiger partial charge in [0.25, 0.3) is 0 Å². The molecule has 0 aliphatic rings. The van der Waals surface area contributed by atoms with E-state index >= 15 is 0 Å². The van der Waals surface area contributed by atoms with Crippen molar-refractivity contribution in [2.24, 2.45) is 7.05 Å². The number of hydrogen-bond acceptors (Lipinski definition) is 3. The number of aliphatic hydroxyl groups excluding tert-OH is 1. The van der Waals surface area contributed by atoms with Crippen LogP contribution in [0.3, 0.4) is 0 Å². The van der Waals surface area contributed by atoms with Gasteiger partial charge in [-0.25, -0.2) is 0 Å². The minimum absolute atomic E-state index is 0.344. The fourth-order valence-electron chi connectivity index (χ4n) is 1.55. The van der Waals surface area contributed by atoms with Crippen LogP contribution < -0.4 is 0 Å². The standard InChI is InChI=1S/C11H19ClN2OS/c1-4-5-16-7-9(15)6-10-11(12)8(2)13-14(10)3/h9,15H,4-7H2,1-3H3. The summed E-state index contributed by atoms with van der Waals surface area (Å²) in [5.41, 5.74) is 1.75. The smallest absolute Gasteiger partial charge is 0.0847 e. The van der Waals surface area contributed by atoms with E-state index in [0.717, 1.165) is 29.3 Å². The molecular formula is C11H19ClN2OS. The number of rotatable bonds is 6. The first-order chi connectivity index (χ1) is 7.56. The Morgan fingerprint density at radius 2 is 2.25 bits per heavy atom. The van der Waals surface area contributed by atoms with Gasteiger partial charge in [0.05, 0.1) is 22.5 Å². The lowest BCUT2D eigenvalue weighted by molar-refractivity contribution is 0.197. The first-order valence-electron chi connectivity index (χ1n) is 5.50. The summed E-state index contributed by atoms with van der Waals surface area (Å²) < 4.78 is 1.76. The van der Waals surface area contributed by atoms with Crippen LogP contribution in [-0.4, -0.2) is 32.5 Å². The van der Waals surface area contributed by atoms with Crippen molar-refractivity contribution in [2.75, 3.05) is 11.5 Å². The van der Waals surface area contributed by atoms with Gasteiger partial charge in [0, 0.05) is 19.2 Å². The fourth-order valence-corrected chi connectivity index (χ4v) is 2.63. The molecule has 0 aliphatic heterocycles. The maximum absolute atomic E-state index is 9.87. The Hall–Kier alpha value is -0.190. The van der Waals surface area contributed by atoms with E-state index in [1.807, 2.05) is 14.0 Å². The molecule has 0 aromatic carbocycles. The quantitative estimate of drug-likeness (QED) is 0.801. The molecule has 1 rings (SSSR count). The van der Waals surface area contributed by atoms with E-state index in [0.29, 0.717) is 11.4 Å². The van der Waals surface area contributed by atoms with Crippen LogP contribution in [0.4, 0.5) is 0 Å². The number of halogens is 1. The summed E-state index contributed by atoms with van der Waals surface area (Å²) >= 11 is 7.89. The molecule has 0 bridgehead atoms. The van der Waals surface area contributed by atoms with Crippen LogP contribution in [0.15, 0.2) is 0 Å². The van der Waals surface area contributed by atoms with E-state index in [1.54, 1.807) is 16.4 Å². The summed E-state index contributed by atoms with van der Waals surface area (Å²) in [6, 6.07) is 0. The summed E-state index contributed by atoms with van der Waals surface area (Å²) in [6.07, 6.45) is 1.37. The van der Waals surface area contributed by atoms with Crippen LogP contribution in [0.1, 0.15) is 24.7 Å². The molecule has 1 unspecified atom stereocenters. The Labute approximate surface area is 106 Å². The molecule has 92 valence electrons. The molecule has 0 saturated carbocycles. The second-order valence-electron chi connectivity index (χ2n) is 3.90. The number of aliphatic hydroxyl groups is 1. The average molecular weight is 263 g/mol. The molecule has 0 aliphatic carbocycles. The van der Waals surface area contributed by atoms with Crippen molar-refractivity contribution in [3.8, 4) is 0 Å². The maximum atomic E-state index is 9.87. The highest BCUT2D eigenvalue weighted by Crippen LogP contribution is 2.21. The molecule has 0 spiro atoms.